The number of nitrogens with one attached hydrogen (secondary N) is 1. The summed E-state index contributed by atoms with van der Waals surface area (Å²) in [5, 5.41) is 3.84. The van der Waals surface area contributed by atoms with Crippen molar-refractivity contribution < 1.29 is 4.79 Å². The van der Waals surface area contributed by atoms with Crippen LogP contribution in [-0.2, 0) is 13.6 Å². The number of nitrogen functional groups attached to an aromatic ring is 1. The van der Waals surface area contributed by atoms with E-state index < -0.39 is 0 Å². The van der Waals surface area contributed by atoms with E-state index in [-0.39, 0.29) is 11.7 Å². The predicted octanol–water partition coefficient (Wildman–Crippen LogP) is 2.49. The highest BCUT2D eigenvalue weighted by atomic mass is 16.1. The van der Waals surface area contributed by atoms with Crippen LogP contribution in [0.1, 0.15) is 29.8 Å². The fourth-order valence-electron chi connectivity index (χ4n) is 2.89. The molecule has 0 bridgehead atoms. The third kappa shape index (κ3) is 2.23. The second kappa shape index (κ2) is 5.72. The van der Waals surface area contributed by atoms with Crippen LogP contribution >= 0.6 is 0 Å². The summed E-state index contributed by atoms with van der Waals surface area (Å²) in [5.74, 6) is 0.123. The molecule has 3 aromatic rings. The summed E-state index contributed by atoms with van der Waals surface area (Å²) in [6.45, 7) is 4.48. The number of carbonyl (C=O) groups excluding carboxylic acids is 1. The second-order valence-corrected chi connectivity index (χ2v) is 5.12. The number of aryl methyl sites for hydroxylation is 1. The first-order valence-corrected chi connectivity index (χ1v) is 7.63. The van der Waals surface area contributed by atoms with Crippen LogP contribution in [0.5, 0.6) is 0 Å². The molecule has 23 heavy (non-hydrogen) atoms. The van der Waals surface area contributed by atoms with E-state index in [1.165, 1.54) is 0 Å². The molecule has 0 atom stereocenters. The minimum Gasteiger partial charge on any atom is -0.383 e. The van der Waals surface area contributed by atoms with Gasteiger partial charge in [0.1, 0.15) is 11.5 Å². The average Bonchev–Trinajstić information content (AvgIpc) is 3.15. The Labute approximate surface area is 134 Å². The van der Waals surface area contributed by atoms with Crippen molar-refractivity contribution in [3.8, 4) is 11.1 Å². The van der Waals surface area contributed by atoms with Crippen LogP contribution in [0.3, 0.4) is 0 Å². The molecular formula is C17H19N5O. The van der Waals surface area contributed by atoms with E-state index in [9.17, 15) is 4.79 Å². The number of hydrogen-bond donors (Lipinski definition) is 2. The van der Waals surface area contributed by atoms with Crippen LogP contribution in [0.2, 0.25) is 0 Å². The Morgan fingerprint density at radius 1 is 1.22 bits per heavy atom. The minimum absolute atomic E-state index is 0.157. The molecule has 0 aliphatic carbocycles. The van der Waals surface area contributed by atoms with Crippen molar-refractivity contribution in [2.75, 3.05) is 5.73 Å². The maximum atomic E-state index is 11.9. The van der Waals surface area contributed by atoms with E-state index in [0.29, 0.717) is 12.1 Å². The van der Waals surface area contributed by atoms with E-state index in [4.69, 9.17) is 5.73 Å². The number of hydrogen-bond acceptors (Lipinski definition) is 4. The van der Waals surface area contributed by atoms with Gasteiger partial charge >= 0.3 is 0 Å². The van der Waals surface area contributed by atoms with Gasteiger partial charge in [-0.2, -0.15) is 0 Å². The van der Waals surface area contributed by atoms with Gasteiger partial charge in [0.05, 0.1) is 5.56 Å². The molecule has 1 amide bonds. The highest BCUT2D eigenvalue weighted by Gasteiger charge is 2.26. The maximum absolute atomic E-state index is 11.9. The maximum Gasteiger partial charge on any atom is 0.255 e. The van der Waals surface area contributed by atoms with E-state index in [1.54, 1.807) is 12.4 Å². The number of nitrogens with zero attached hydrogens (tertiary/aromatic N) is 3. The quantitative estimate of drug-likeness (QED) is 0.723. The normalized spacial score (nSPS) is 12.6. The molecule has 6 nitrogen and oxygen atoms in total. The van der Waals surface area contributed by atoms with Gasteiger partial charge < -0.3 is 15.6 Å². The van der Waals surface area contributed by atoms with E-state index in [2.05, 4.69) is 15.3 Å². The molecule has 4 rings (SSSR count). The van der Waals surface area contributed by atoms with Gasteiger partial charge in [-0.05, 0) is 23.3 Å². The summed E-state index contributed by atoms with van der Waals surface area (Å²) in [6, 6.07) is 3.96. The fourth-order valence-corrected chi connectivity index (χ4v) is 2.89. The van der Waals surface area contributed by atoms with Crippen molar-refractivity contribution in [1.29, 1.82) is 0 Å². The number of pyridine rings is 2. The Morgan fingerprint density at radius 3 is 2.78 bits per heavy atom. The van der Waals surface area contributed by atoms with E-state index in [0.717, 1.165) is 27.7 Å². The topological polar surface area (TPSA) is 85.8 Å². The molecule has 0 spiro atoms. The van der Waals surface area contributed by atoms with Crippen LogP contribution in [0.25, 0.3) is 22.2 Å². The highest BCUT2D eigenvalue weighted by molar-refractivity contribution is 6.05. The first-order chi connectivity index (χ1) is 11.2. The van der Waals surface area contributed by atoms with Crippen LogP contribution in [-0.4, -0.2) is 20.4 Å². The van der Waals surface area contributed by atoms with Gasteiger partial charge in [-0.25, -0.2) is 9.97 Å². The number of nitrogens with two attached hydrogens (primary N) is 1. The van der Waals surface area contributed by atoms with Gasteiger partial charge in [-0.1, -0.05) is 13.8 Å². The molecule has 1 aliphatic rings. The molecule has 0 saturated carbocycles. The summed E-state index contributed by atoms with van der Waals surface area (Å²) >= 11 is 0. The van der Waals surface area contributed by atoms with Crippen LogP contribution < -0.4 is 11.1 Å². The molecule has 118 valence electrons. The van der Waals surface area contributed by atoms with Gasteiger partial charge in [0, 0.05) is 43.1 Å². The van der Waals surface area contributed by atoms with Crippen LogP contribution in [0.4, 0.5) is 5.82 Å². The smallest absolute Gasteiger partial charge is 0.255 e. The van der Waals surface area contributed by atoms with Gasteiger partial charge in [-0.3, -0.25) is 4.79 Å². The summed E-state index contributed by atoms with van der Waals surface area (Å²) < 4.78 is 1.97. The lowest BCUT2D eigenvalue weighted by Gasteiger charge is -2.09. The Morgan fingerprint density at radius 2 is 2.00 bits per heavy atom. The number of anilines is 1. The lowest BCUT2D eigenvalue weighted by molar-refractivity contribution is 0.0966. The number of aromatic nitrogens is 3. The molecule has 6 heteroatoms. The standard InChI is InChI=1S/C15H13N5O.C2H6/c1-20-5-3-9-8(2-4-17-14(9)20)10-6-18-13(16)12-11(10)7-19-15(12)21;1-2/h2-6H,7H2,1H3,(H2,16,18)(H,19,21);1-2H3. The van der Waals surface area contributed by atoms with Gasteiger partial charge in [0.15, 0.2) is 0 Å². The van der Waals surface area contributed by atoms with Gasteiger partial charge in [0.2, 0.25) is 0 Å². The molecule has 0 radical (unpaired) electrons. The lowest BCUT2D eigenvalue weighted by Crippen LogP contribution is -2.13. The first-order valence-electron chi connectivity index (χ1n) is 7.63. The van der Waals surface area contributed by atoms with Crippen molar-refractivity contribution in [2.24, 2.45) is 7.05 Å². The molecule has 0 aromatic carbocycles. The van der Waals surface area contributed by atoms with Crippen molar-refractivity contribution >= 4 is 22.8 Å². The third-order valence-electron chi connectivity index (χ3n) is 3.93. The van der Waals surface area contributed by atoms with Crippen molar-refractivity contribution in [2.45, 2.75) is 20.4 Å². The molecule has 0 unspecified atom stereocenters. The van der Waals surface area contributed by atoms with E-state index >= 15 is 0 Å². The largest absolute Gasteiger partial charge is 0.383 e. The van der Waals surface area contributed by atoms with Gasteiger partial charge in [0.25, 0.3) is 5.91 Å². The van der Waals surface area contributed by atoms with Crippen molar-refractivity contribution in [3.05, 3.63) is 41.9 Å². The Bertz CT molecular complexity index is 897. The molecule has 0 saturated heterocycles. The van der Waals surface area contributed by atoms with Crippen molar-refractivity contribution in [3.63, 3.8) is 0 Å². The van der Waals surface area contributed by atoms with E-state index in [1.807, 2.05) is 43.8 Å². The average molecular weight is 309 g/mol. The molecule has 1 aliphatic heterocycles. The number of amides is 1. The molecule has 3 aromatic heterocycles. The molecule has 4 heterocycles. The van der Waals surface area contributed by atoms with Crippen LogP contribution in [0.15, 0.2) is 30.7 Å². The second-order valence-electron chi connectivity index (χ2n) is 5.12. The summed E-state index contributed by atoms with van der Waals surface area (Å²) in [5.41, 5.74) is 10.1. The minimum atomic E-state index is -0.157. The fraction of sp³-hybridized carbons (Fsp3) is 0.235. The van der Waals surface area contributed by atoms with Crippen molar-refractivity contribution in [1.82, 2.24) is 19.9 Å². The zero-order valence-corrected chi connectivity index (χ0v) is 13.4. The first kappa shape index (κ1) is 15.0. The number of fused-ring (bicyclic) bond motifs is 2. The van der Waals surface area contributed by atoms with Crippen LogP contribution in [0, 0.1) is 0 Å². The Hall–Kier alpha value is -2.89. The van der Waals surface area contributed by atoms with Gasteiger partial charge in [-0.15, -0.1) is 0 Å². The molecule has 3 N–H and O–H groups in total. The summed E-state index contributed by atoms with van der Waals surface area (Å²) in [4.78, 5) is 20.5. The molecule has 0 fully saturated rings. The monoisotopic (exact) mass is 309 g/mol. The Balaban J connectivity index is 0.000000753. The molecular weight excluding hydrogens is 290 g/mol. The predicted molar refractivity (Wildman–Crippen MR) is 90.9 cm³/mol. The summed E-state index contributed by atoms with van der Waals surface area (Å²) in [7, 11) is 1.95. The SMILES string of the molecule is CC.Cn1ccc2c(-c3cnc(N)c4c3CNC4=O)ccnc21. The zero-order valence-electron chi connectivity index (χ0n) is 13.4. The summed E-state index contributed by atoms with van der Waals surface area (Å²) in [6.07, 6.45) is 5.47. The lowest BCUT2D eigenvalue weighted by atomic mass is 9.98. The number of rotatable bonds is 1. The number of carbonyl (C=O) groups is 1. The zero-order chi connectivity index (χ0) is 16.6. The highest BCUT2D eigenvalue weighted by Crippen LogP contribution is 2.34. The third-order valence-corrected chi connectivity index (χ3v) is 3.93. The Kier molecular flexibility index (Phi) is 3.73.